The topological polar surface area (TPSA) is 73.7 Å². The molecule has 1 fully saturated rings. The van der Waals surface area contributed by atoms with Crippen LogP contribution in [-0.2, 0) is 11.3 Å². The normalized spacial score (nSPS) is 15.5. The maximum Gasteiger partial charge on any atom is 0.263 e. The molecule has 0 unspecified atom stereocenters. The van der Waals surface area contributed by atoms with Crippen LogP contribution in [0.4, 0.5) is 0 Å². The minimum absolute atomic E-state index is 0.0618. The lowest BCUT2D eigenvalue weighted by atomic mass is 10.0. The van der Waals surface area contributed by atoms with Gasteiger partial charge >= 0.3 is 0 Å². The van der Waals surface area contributed by atoms with Crippen LogP contribution >= 0.6 is 11.3 Å². The van der Waals surface area contributed by atoms with Crippen LogP contribution in [0.15, 0.2) is 59.0 Å². The Kier molecular flexibility index (Phi) is 6.30. The Balaban J connectivity index is 1.46. The number of ether oxygens (including phenoxy) is 2. The number of amides is 1. The van der Waals surface area contributed by atoms with Gasteiger partial charge in [0.15, 0.2) is 0 Å². The van der Waals surface area contributed by atoms with Crippen LogP contribution < -0.4 is 15.0 Å². The van der Waals surface area contributed by atoms with Crippen LogP contribution in [0.25, 0.3) is 21.3 Å². The molecule has 0 spiro atoms. The predicted molar refractivity (Wildman–Crippen MR) is 137 cm³/mol. The summed E-state index contributed by atoms with van der Waals surface area (Å²) in [5.74, 6) is 1.32. The quantitative estimate of drug-likeness (QED) is 0.388. The van der Waals surface area contributed by atoms with Crippen molar-refractivity contribution in [2.75, 3.05) is 20.8 Å². The third-order valence-corrected chi connectivity index (χ3v) is 7.48. The highest BCUT2D eigenvalue weighted by Crippen LogP contribution is 2.39. The Bertz CT molecular complexity index is 1440. The number of carbonyl (C=O) groups excluding carboxylic acids is 1. The van der Waals surface area contributed by atoms with Crippen molar-refractivity contribution in [3.63, 3.8) is 0 Å². The van der Waals surface area contributed by atoms with Crippen molar-refractivity contribution in [3.05, 3.63) is 75.7 Å². The lowest BCUT2D eigenvalue weighted by molar-refractivity contribution is -0.132. The molecule has 180 valence electrons. The summed E-state index contributed by atoms with van der Waals surface area (Å²) in [6, 6.07) is 13.6. The molecule has 0 bridgehead atoms. The molecule has 0 saturated carbocycles. The van der Waals surface area contributed by atoms with Gasteiger partial charge in [-0.3, -0.25) is 14.2 Å². The molecule has 2 aromatic heterocycles. The maximum atomic E-state index is 13.5. The van der Waals surface area contributed by atoms with Gasteiger partial charge in [0.2, 0.25) is 5.91 Å². The molecule has 0 radical (unpaired) electrons. The molecule has 1 saturated heterocycles. The number of carbonyl (C=O) groups is 1. The van der Waals surface area contributed by atoms with E-state index in [1.165, 1.54) is 22.2 Å². The molecule has 35 heavy (non-hydrogen) atoms. The van der Waals surface area contributed by atoms with Crippen molar-refractivity contribution >= 4 is 27.5 Å². The van der Waals surface area contributed by atoms with E-state index in [9.17, 15) is 9.59 Å². The number of likely N-dealkylation sites (tertiary alicyclic amines) is 1. The van der Waals surface area contributed by atoms with E-state index in [2.05, 4.69) is 4.98 Å². The van der Waals surface area contributed by atoms with Crippen molar-refractivity contribution in [1.29, 1.82) is 0 Å². The smallest absolute Gasteiger partial charge is 0.263 e. The molecule has 1 aliphatic heterocycles. The van der Waals surface area contributed by atoms with E-state index in [0.717, 1.165) is 40.8 Å². The highest BCUT2D eigenvalue weighted by Gasteiger charge is 2.32. The number of fused-ring (bicyclic) bond motifs is 1. The highest BCUT2D eigenvalue weighted by molar-refractivity contribution is 7.17. The lowest BCUT2D eigenvalue weighted by Gasteiger charge is -2.27. The fourth-order valence-electron chi connectivity index (χ4n) is 4.75. The SMILES string of the molecule is COc1ccc(OC)c([C@H]2CCCN2C(=O)Cn2cnc3scc(-c4ccc(C)cc4)c3c2=O)c1. The summed E-state index contributed by atoms with van der Waals surface area (Å²) < 4.78 is 12.4. The lowest BCUT2D eigenvalue weighted by Crippen LogP contribution is -2.36. The van der Waals surface area contributed by atoms with Crippen molar-refractivity contribution in [3.8, 4) is 22.6 Å². The fraction of sp³-hybridized carbons (Fsp3) is 0.296. The second kappa shape index (κ2) is 9.54. The second-order valence-electron chi connectivity index (χ2n) is 8.73. The van der Waals surface area contributed by atoms with Gasteiger partial charge in [-0.15, -0.1) is 11.3 Å². The Hall–Kier alpha value is -3.65. The van der Waals surface area contributed by atoms with Crippen LogP contribution in [0.3, 0.4) is 0 Å². The van der Waals surface area contributed by atoms with Crippen LogP contribution in [0.2, 0.25) is 0 Å². The molecule has 1 amide bonds. The van der Waals surface area contributed by atoms with Crippen LogP contribution in [-0.4, -0.2) is 41.1 Å². The summed E-state index contributed by atoms with van der Waals surface area (Å²) in [6.45, 7) is 2.59. The standard InChI is InChI=1S/C27H27N3O4S/c1-17-6-8-18(9-7-17)21-15-35-26-25(21)27(32)29(16-28-26)14-24(31)30-12-4-5-22(30)20-13-19(33-2)10-11-23(20)34-3/h6-11,13,15-16,22H,4-5,12,14H2,1-3H3/t22-/m1/s1. The van der Waals surface area contributed by atoms with Crippen LogP contribution in [0.5, 0.6) is 11.5 Å². The molecular weight excluding hydrogens is 462 g/mol. The molecule has 1 aliphatic rings. The summed E-state index contributed by atoms with van der Waals surface area (Å²) in [5.41, 5.74) is 3.69. The number of aryl methyl sites for hydroxylation is 1. The minimum atomic E-state index is -0.199. The summed E-state index contributed by atoms with van der Waals surface area (Å²) in [5, 5.41) is 2.52. The number of rotatable bonds is 6. The second-order valence-corrected chi connectivity index (χ2v) is 9.58. The van der Waals surface area contributed by atoms with E-state index in [-0.39, 0.29) is 24.1 Å². The van der Waals surface area contributed by atoms with Crippen molar-refractivity contribution < 1.29 is 14.3 Å². The van der Waals surface area contributed by atoms with Crippen LogP contribution in [0.1, 0.15) is 30.0 Å². The van der Waals surface area contributed by atoms with Gasteiger partial charge in [0.25, 0.3) is 5.56 Å². The molecule has 0 aliphatic carbocycles. The molecule has 1 atom stereocenters. The first-order chi connectivity index (χ1) is 17.0. The molecule has 8 heteroatoms. The Labute approximate surface area is 207 Å². The van der Waals surface area contributed by atoms with E-state index in [1.54, 1.807) is 14.2 Å². The highest BCUT2D eigenvalue weighted by atomic mass is 32.1. The van der Waals surface area contributed by atoms with E-state index in [0.29, 0.717) is 22.5 Å². The zero-order valence-electron chi connectivity index (χ0n) is 20.0. The molecule has 5 rings (SSSR count). The third kappa shape index (κ3) is 4.30. The summed E-state index contributed by atoms with van der Waals surface area (Å²) >= 11 is 1.44. The first-order valence-electron chi connectivity index (χ1n) is 11.5. The average Bonchev–Trinajstić information content (AvgIpc) is 3.54. The Morgan fingerprint density at radius 2 is 1.94 bits per heavy atom. The number of hydrogen-bond donors (Lipinski definition) is 0. The third-order valence-electron chi connectivity index (χ3n) is 6.60. The average molecular weight is 490 g/mol. The number of thiophene rings is 1. The van der Waals surface area contributed by atoms with Gasteiger partial charge in [0.1, 0.15) is 22.9 Å². The maximum absolute atomic E-state index is 13.5. The van der Waals surface area contributed by atoms with E-state index < -0.39 is 0 Å². The summed E-state index contributed by atoms with van der Waals surface area (Å²) in [4.78, 5) is 33.9. The number of aromatic nitrogens is 2. The largest absolute Gasteiger partial charge is 0.497 e. The van der Waals surface area contributed by atoms with Crippen molar-refractivity contribution in [1.82, 2.24) is 14.5 Å². The summed E-state index contributed by atoms with van der Waals surface area (Å²) in [7, 11) is 3.24. The number of methoxy groups -OCH3 is 2. The van der Waals surface area contributed by atoms with Gasteiger partial charge in [-0.2, -0.15) is 0 Å². The van der Waals surface area contributed by atoms with Crippen molar-refractivity contribution in [2.24, 2.45) is 0 Å². The first-order valence-corrected chi connectivity index (χ1v) is 12.4. The number of nitrogens with zero attached hydrogens (tertiary/aromatic N) is 3. The fourth-order valence-corrected chi connectivity index (χ4v) is 5.66. The molecule has 3 heterocycles. The van der Waals surface area contributed by atoms with E-state index in [1.807, 2.05) is 59.7 Å². The molecule has 0 N–H and O–H groups in total. The monoisotopic (exact) mass is 489 g/mol. The van der Waals surface area contributed by atoms with Gasteiger partial charge in [0.05, 0.1) is 32.0 Å². The Morgan fingerprint density at radius 1 is 1.14 bits per heavy atom. The minimum Gasteiger partial charge on any atom is -0.497 e. The Morgan fingerprint density at radius 3 is 2.69 bits per heavy atom. The van der Waals surface area contributed by atoms with Gasteiger partial charge in [-0.05, 0) is 43.5 Å². The summed E-state index contributed by atoms with van der Waals surface area (Å²) in [6.07, 6.45) is 3.18. The zero-order chi connectivity index (χ0) is 24.5. The number of benzene rings is 2. The molecular formula is C27H27N3O4S. The predicted octanol–water partition coefficient (Wildman–Crippen LogP) is 4.81. The first kappa shape index (κ1) is 23.1. The van der Waals surface area contributed by atoms with Gasteiger partial charge < -0.3 is 14.4 Å². The number of hydrogen-bond acceptors (Lipinski definition) is 6. The van der Waals surface area contributed by atoms with Gasteiger partial charge in [-0.25, -0.2) is 4.98 Å². The molecule has 2 aromatic carbocycles. The molecule has 4 aromatic rings. The van der Waals surface area contributed by atoms with Gasteiger partial charge in [-0.1, -0.05) is 29.8 Å². The molecule has 7 nitrogen and oxygen atoms in total. The van der Waals surface area contributed by atoms with E-state index >= 15 is 0 Å². The van der Waals surface area contributed by atoms with Crippen molar-refractivity contribution in [2.45, 2.75) is 32.4 Å². The van der Waals surface area contributed by atoms with Gasteiger partial charge in [0, 0.05) is 23.1 Å². The zero-order valence-corrected chi connectivity index (χ0v) is 20.8. The van der Waals surface area contributed by atoms with E-state index in [4.69, 9.17) is 9.47 Å². The van der Waals surface area contributed by atoms with Crippen LogP contribution in [0, 0.1) is 6.92 Å².